The summed E-state index contributed by atoms with van der Waals surface area (Å²) in [6.45, 7) is 5.84. The van der Waals surface area contributed by atoms with Gasteiger partial charge in [0.25, 0.3) is 5.91 Å². The van der Waals surface area contributed by atoms with Crippen molar-refractivity contribution in [2.45, 2.75) is 45.4 Å². The van der Waals surface area contributed by atoms with Gasteiger partial charge in [0, 0.05) is 44.0 Å². The smallest absolute Gasteiger partial charge is 0.319 e. The number of carbonyl (C=O) groups is 2. The van der Waals surface area contributed by atoms with Crippen LogP contribution in [0.15, 0.2) is 30.3 Å². The number of pyridine rings is 1. The molecule has 1 saturated carbocycles. The minimum absolute atomic E-state index is 0.0409. The predicted molar refractivity (Wildman–Crippen MR) is 132 cm³/mol. The largest absolute Gasteiger partial charge is 0.338 e. The molecule has 2 aliphatic rings. The molecule has 0 bridgehead atoms. The quantitative estimate of drug-likeness (QED) is 0.599. The maximum absolute atomic E-state index is 13.7. The second kappa shape index (κ2) is 9.08. The highest BCUT2D eigenvalue weighted by Gasteiger charge is 2.31. The molecular weight excluding hydrogens is 428 g/mol. The molecule has 5 rings (SSSR count). The van der Waals surface area contributed by atoms with Crippen LogP contribution in [-0.4, -0.2) is 51.2 Å². The molecule has 1 aromatic carbocycles. The molecule has 1 atom stereocenters. The summed E-state index contributed by atoms with van der Waals surface area (Å²) in [5.74, 6) is 0.715. The molecule has 1 saturated heterocycles. The van der Waals surface area contributed by atoms with E-state index in [-0.39, 0.29) is 17.9 Å². The number of piperidine rings is 1. The zero-order valence-corrected chi connectivity index (χ0v) is 20.1. The summed E-state index contributed by atoms with van der Waals surface area (Å²) >= 11 is 0. The second-order valence-electron chi connectivity index (χ2n) is 9.74. The van der Waals surface area contributed by atoms with E-state index in [1.807, 2.05) is 56.1 Å². The highest BCUT2D eigenvalue weighted by Crippen LogP contribution is 2.40. The van der Waals surface area contributed by atoms with Crippen LogP contribution in [0.1, 0.15) is 58.9 Å². The number of likely N-dealkylation sites (tertiary alicyclic amines) is 1. The topological polar surface area (TPSA) is 92.2 Å². The van der Waals surface area contributed by atoms with E-state index in [2.05, 4.69) is 15.7 Å². The number of fused-ring (bicyclic) bond motifs is 1. The van der Waals surface area contributed by atoms with Gasteiger partial charge in [-0.15, -0.1) is 0 Å². The SMILES string of the molecule is Cc1ccc(NC(=O)NCC2CCCN(C(=O)c3cc(C4CC4)nc4c3c(C)nn4C)C2)cc1. The summed E-state index contributed by atoms with van der Waals surface area (Å²) in [5.41, 5.74) is 5.25. The number of aryl methyl sites for hydroxylation is 3. The van der Waals surface area contributed by atoms with Gasteiger partial charge in [0.2, 0.25) is 0 Å². The third-order valence-corrected chi connectivity index (χ3v) is 6.88. The standard InChI is InChI=1S/C26H32N6O2/c1-16-6-10-20(11-7-16)28-26(34)27-14-18-5-4-12-32(15-18)25(33)21-13-22(19-8-9-19)29-24-23(21)17(2)30-31(24)3/h6-7,10-11,13,18-19H,4-5,8-9,12,14-15H2,1-3H3,(H2,27,28,34). The lowest BCUT2D eigenvalue weighted by molar-refractivity contribution is 0.0677. The van der Waals surface area contributed by atoms with Gasteiger partial charge in [-0.3, -0.25) is 9.48 Å². The minimum atomic E-state index is -0.219. The molecule has 0 spiro atoms. The summed E-state index contributed by atoms with van der Waals surface area (Å²) in [6.07, 6.45) is 4.17. The van der Waals surface area contributed by atoms with Crippen LogP contribution >= 0.6 is 0 Å². The molecular formula is C26H32N6O2. The molecule has 0 radical (unpaired) electrons. The first-order valence-electron chi connectivity index (χ1n) is 12.1. The van der Waals surface area contributed by atoms with Crippen molar-refractivity contribution in [1.82, 2.24) is 25.0 Å². The number of anilines is 1. The number of amides is 3. The van der Waals surface area contributed by atoms with Gasteiger partial charge in [0.05, 0.1) is 16.6 Å². The summed E-state index contributed by atoms with van der Waals surface area (Å²) in [5, 5.41) is 11.2. The van der Waals surface area contributed by atoms with Gasteiger partial charge in [0.1, 0.15) is 0 Å². The Hall–Kier alpha value is -3.42. The van der Waals surface area contributed by atoms with Crippen molar-refractivity contribution in [3.8, 4) is 0 Å². The Bertz CT molecular complexity index is 1230. The number of benzene rings is 1. The second-order valence-corrected chi connectivity index (χ2v) is 9.74. The average molecular weight is 461 g/mol. The maximum atomic E-state index is 13.7. The fraction of sp³-hybridized carbons (Fsp3) is 0.462. The van der Waals surface area contributed by atoms with Crippen LogP contribution in [-0.2, 0) is 7.05 Å². The Kier molecular flexibility index (Phi) is 5.98. The molecule has 3 amide bonds. The van der Waals surface area contributed by atoms with Crippen molar-refractivity contribution in [2.24, 2.45) is 13.0 Å². The zero-order chi connectivity index (χ0) is 23.8. The van der Waals surface area contributed by atoms with Crippen molar-refractivity contribution in [3.05, 3.63) is 52.8 Å². The summed E-state index contributed by atoms with van der Waals surface area (Å²) in [6, 6.07) is 9.49. The average Bonchev–Trinajstić information content (AvgIpc) is 3.64. The molecule has 1 unspecified atom stereocenters. The third-order valence-electron chi connectivity index (χ3n) is 6.88. The van der Waals surface area contributed by atoms with Gasteiger partial charge in [-0.2, -0.15) is 5.10 Å². The lowest BCUT2D eigenvalue weighted by Crippen LogP contribution is -2.44. The number of nitrogens with one attached hydrogen (secondary N) is 2. The van der Waals surface area contributed by atoms with E-state index < -0.39 is 0 Å². The molecule has 8 nitrogen and oxygen atoms in total. The lowest BCUT2D eigenvalue weighted by atomic mass is 9.96. The van der Waals surface area contributed by atoms with Crippen LogP contribution in [0, 0.1) is 19.8 Å². The summed E-state index contributed by atoms with van der Waals surface area (Å²) < 4.78 is 1.78. The highest BCUT2D eigenvalue weighted by atomic mass is 16.2. The van der Waals surface area contributed by atoms with E-state index in [9.17, 15) is 9.59 Å². The van der Waals surface area contributed by atoms with Crippen LogP contribution in [0.3, 0.4) is 0 Å². The van der Waals surface area contributed by atoms with Crippen LogP contribution in [0.5, 0.6) is 0 Å². The Labute approximate surface area is 199 Å². The number of hydrogen-bond acceptors (Lipinski definition) is 4. The molecule has 1 aliphatic heterocycles. The van der Waals surface area contributed by atoms with Crippen LogP contribution in [0.2, 0.25) is 0 Å². The van der Waals surface area contributed by atoms with Crippen LogP contribution in [0.4, 0.5) is 10.5 Å². The maximum Gasteiger partial charge on any atom is 0.319 e. The molecule has 3 heterocycles. The van der Waals surface area contributed by atoms with Crippen LogP contribution in [0.25, 0.3) is 11.0 Å². The van der Waals surface area contributed by atoms with E-state index in [4.69, 9.17) is 4.98 Å². The first-order chi connectivity index (χ1) is 16.4. The normalized spacial score (nSPS) is 18.2. The first kappa shape index (κ1) is 22.4. The molecule has 2 N–H and O–H groups in total. The molecule has 178 valence electrons. The van der Waals surface area contributed by atoms with Gasteiger partial charge in [-0.1, -0.05) is 17.7 Å². The minimum Gasteiger partial charge on any atom is -0.338 e. The van der Waals surface area contributed by atoms with Gasteiger partial charge < -0.3 is 15.5 Å². The molecule has 2 fully saturated rings. The van der Waals surface area contributed by atoms with Crippen LogP contribution < -0.4 is 10.6 Å². The molecule has 8 heteroatoms. The first-order valence-corrected chi connectivity index (χ1v) is 12.1. The van der Waals surface area contributed by atoms with E-state index in [1.165, 1.54) is 0 Å². The van der Waals surface area contributed by atoms with E-state index in [0.29, 0.717) is 24.6 Å². The van der Waals surface area contributed by atoms with Crippen molar-refractivity contribution in [2.75, 3.05) is 25.0 Å². The monoisotopic (exact) mass is 460 g/mol. The van der Waals surface area contributed by atoms with Gasteiger partial charge in [-0.05, 0) is 63.6 Å². The Morgan fingerprint density at radius 1 is 1.12 bits per heavy atom. The Morgan fingerprint density at radius 3 is 2.62 bits per heavy atom. The van der Waals surface area contributed by atoms with Gasteiger partial charge in [0.15, 0.2) is 5.65 Å². The van der Waals surface area contributed by atoms with Gasteiger partial charge in [-0.25, -0.2) is 9.78 Å². The highest BCUT2D eigenvalue weighted by molar-refractivity contribution is 6.06. The zero-order valence-electron chi connectivity index (χ0n) is 20.1. The van der Waals surface area contributed by atoms with Crippen molar-refractivity contribution in [3.63, 3.8) is 0 Å². The van der Waals surface area contributed by atoms with E-state index in [1.54, 1.807) is 4.68 Å². The van der Waals surface area contributed by atoms with E-state index in [0.717, 1.165) is 65.9 Å². The number of hydrogen-bond donors (Lipinski definition) is 2. The number of aromatic nitrogens is 3. The molecule has 1 aliphatic carbocycles. The van der Waals surface area contributed by atoms with Crippen molar-refractivity contribution >= 4 is 28.7 Å². The Balaban J connectivity index is 1.27. The molecule has 34 heavy (non-hydrogen) atoms. The van der Waals surface area contributed by atoms with Crippen molar-refractivity contribution < 1.29 is 9.59 Å². The number of nitrogens with zero attached hydrogens (tertiary/aromatic N) is 4. The lowest BCUT2D eigenvalue weighted by Gasteiger charge is -2.33. The molecule has 2 aromatic heterocycles. The summed E-state index contributed by atoms with van der Waals surface area (Å²) in [7, 11) is 1.89. The fourth-order valence-corrected chi connectivity index (χ4v) is 4.86. The number of rotatable bonds is 5. The Morgan fingerprint density at radius 2 is 1.88 bits per heavy atom. The van der Waals surface area contributed by atoms with E-state index >= 15 is 0 Å². The van der Waals surface area contributed by atoms with Crippen molar-refractivity contribution in [1.29, 1.82) is 0 Å². The molecule has 3 aromatic rings. The van der Waals surface area contributed by atoms with Gasteiger partial charge >= 0.3 is 6.03 Å². The summed E-state index contributed by atoms with van der Waals surface area (Å²) in [4.78, 5) is 32.8. The fourth-order valence-electron chi connectivity index (χ4n) is 4.86. The number of carbonyl (C=O) groups excluding carboxylic acids is 2. The third kappa shape index (κ3) is 4.62. The number of urea groups is 1. The predicted octanol–water partition coefficient (Wildman–Crippen LogP) is 4.14.